The molecule has 2 atom stereocenters. The van der Waals surface area contributed by atoms with Crippen LogP contribution in [0.15, 0.2) is 21.2 Å². The van der Waals surface area contributed by atoms with Gasteiger partial charge < -0.3 is 14.8 Å². The molecule has 1 amide bonds. The summed E-state index contributed by atoms with van der Waals surface area (Å²) in [5.41, 5.74) is 0. The fourth-order valence-electron chi connectivity index (χ4n) is 2.45. The van der Waals surface area contributed by atoms with Crippen LogP contribution in [0.3, 0.4) is 0 Å². The van der Waals surface area contributed by atoms with Crippen LogP contribution in [-0.4, -0.2) is 23.0 Å². The van der Waals surface area contributed by atoms with Gasteiger partial charge in [-0.3, -0.25) is 9.59 Å². The minimum Gasteiger partial charge on any atom is -0.481 e. The number of halogens is 1. The monoisotopic (exact) mass is 329 g/mol. The number of amides is 1. The van der Waals surface area contributed by atoms with Crippen LogP contribution >= 0.6 is 15.9 Å². The first-order chi connectivity index (χ1) is 9.08. The highest BCUT2D eigenvalue weighted by Gasteiger charge is 2.31. The Balaban J connectivity index is 2.06. The smallest absolute Gasteiger partial charge is 0.308 e. The number of hydrogen-bond donors (Lipinski definition) is 2. The summed E-state index contributed by atoms with van der Waals surface area (Å²) in [7, 11) is 0. The third-order valence-electron chi connectivity index (χ3n) is 3.45. The molecule has 1 saturated carbocycles. The van der Waals surface area contributed by atoms with Gasteiger partial charge in [0, 0.05) is 6.04 Å². The minimum absolute atomic E-state index is 0.195. The van der Waals surface area contributed by atoms with Gasteiger partial charge in [-0.2, -0.15) is 0 Å². The Kier molecular flexibility index (Phi) is 4.63. The predicted molar refractivity (Wildman–Crippen MR) is 71.9 cm³/mol. The molecule has 104 valence electrons. The van der Waals surface area contributed by atoms with E-state index in [-0.39, 0.29) is 17.7 Å². The van der Waals surface area contributed by atoms with Gasteiger partial charge in [0.15, 0.2) is 10.4 Å². The van der Waals surface area contributed by atoms with E-state index in [0.717, 1.165) is 19.3 Å². The van der Waals surface area contributed by atoms with Crippen molar-refractivity contribution in [3.63, 3.8) is 0 Å². The number of aliphatic carboxylic acids is 1. The predicted octanol–water partition coefficient (Wildman–Crippen LogP) is 2.81. The summed E-state index contributed by atoms with van der Waals surface area (Å²) < 4.78 is 5.65. The molecule has 6 heteroatoms. The van der Waals surface area contributed by atoms with E-state index in [9.17, 15) is 14.7 Å². The number of nitrogens with one attached hydrogen (secondary N) is 1. The van der Waals surface area contributed by atoms with Crippen molar-refractivity contribution in [2.24, 2.45) is 5.92 Å². The fraction of sp³-hybridized carbons (Fsp3) is 0.538. The molecule has 1 aromatic heterocycles. The lowest BCUT2D eigenvalue weighted by molar-refractivity contribution is -0.142. The number of carbonyl (C=O) groups is 2. The van der Waals surface area contributed by atoms with Crippen molar-refractivity contribution < 1.29 is 19.1 Å². The van der Waals surface area contributed by atoms with Crippen molar-refractivity contribution in [2.45, 2.75) is 38.1 Å². The first kappa shape index (κ1) is 14.1. The molecule has 2 rings (SSSR count). The zero-order valence-electron chi connectivity index (χ0n) is 10.4. The zero-order valence-corrected chi connectivity index (χ0v) is 12.0. The highest BCUT2D eigenvalue weighted by Crippen LogP contribution is 2.24. The van der Waals surface area contributed by atoms with E-state index in [1.807, 2.05) is 0 Å². The molecular formula is C13H16BrNO4. The Hall–Kier alpha value is -1.30. The molecule has 0 aromatic carbocycles. The van der Waals surface area contributed by atoms with Crippen molar-refractivity contribution in [1.82, 2.24) is 5.32 Å². The molecule has 5 nitrogen and oxygen atoms in total. The summed E-state index contributed by atoms with van der Waals surface area (Å²) in [6.07, 6.45) is 4.17. The number of carboxylic acid groups (broad SMARTS) is 1. The van der Waals surface area contributed by atoms with E-state index < -0.39 is 11.9 Å². The molecule has 0 spiro atoms. The molecule has 1 heterocycles. The van der Waals surface area contributed by atoms with Gasteiger partial charge in [0.05, 0.1) is 5.92 Å². The van der Waals surface area contributed by atoms with Crippen LogP contribution in [0.25, 0.3) is 0 Å². The lowest BCUT2D eigenvalue weighted by Gasteiger charge is -2.22. The molecule has 19 heavy (non-hydrogen) atoms. The second kappa shape index (κ2) is 6.23. The Morgan fingerprint density at radius 2 is 2.00 bits per heavy atom. The molecule has 0 aliphatic heterocycles. The first-order valence-electron chi connectivity index (χ1n) is 6.37. The second-order valence-corrected chi connectivity index (χ2v) is 5.55. The van der Waals surface area contributed by atoms with Gasteiger partial charge >= 0.3 is 5.97 Å². The van der Waals surface area contributed by atoms with E-state index in [2.05, 4.69) is 21.2 Å². The molecule has 0 bridgehead atoms. The van der Waals surface area contributed by atoms with Gasteiger partial charge in [-0.25, -0.2) is 0 Å². The molecular weight excluding hydrogens is 314 g/mol. The molecule has 1 aliphatic rings. The summed E-state index contributed by atoms with van der Waals surface area (Å²) >= 11 is 3.13. The standard InChI is InChI=1S/C13H16BrNO4/c14-11-7-6-10(19-11)12(16)15-9-5-3-1-2-4-8(9)13(17)18/h6-9H,1-5H2,(H,15,16)(H,17,18)/t8-,9-/m1/s1. The van der Waals surface area contributed by atoms with Crippen LogP contribution in [-0.2, 0) is 4.79 Å². The summed E-state index contributed by atoms with van der Waals surface area (Å²) in [5.74, 6) is -1.51. The van der Waals surface area contributed by atoms with E-state index in [1.165, 1.54) is 0 Å². The highest BCUT2D eigenvalue weighted by molar-refractivity contribution is 9.10. The Bertz CT molecular complexity index is 471. The number of carbonyl (C=O) groups excluding carboxylic acids is 1. The van der Waals surface area contributed by atoms with Crippen molar-refractivity contribution in [3.05, 3.63) is 22.6 Å². The normalized spacial score (nSPS) is 23.6. The first-order valence-corrected chi connectivity index (χ1v) is 7.16. The molecule has 1 aromatic rings. The number of furan rings is 1. The van der Waals surface area contributed by atoms with Gasteiger partial charge in [-0.05, 0) is 40.9 Å². The fourth-order valence-corrected chi connectivity index (χ4v) is 2.76. The van der Waals surface area contributed by atoms with E-state index in [1.54, 1.807) is 12.1 Å². The van der Waals surface area contributed by atoms with Gasteiger partial charge in [0.25, 0.3) is 5.91 Å². The van der Waals surface area contributed by atoms with Crippen molar-refractivity contribution in [2.75, 3.05) is 0 Å². The van der Waals surface area contributed by atoms with Gasteiger partial charge in [0.1, 0.15) is 0 Å². The van der Waals surface area contributed by atoms with Gasteiger partial charge in [0.2, 0.25) is 0 Å². The zero-order chi connectivity index (χ0) is 13.8. The largest absolute Gasteiger partial charge is 0.481 e. The third kappa shape index (κ3) is 3.59. The Labute approximate surface area is 119 Å². The lowest BCUT2D eigenvalue weighted by atomic mass is 9.95. The van der Waals surface area contributed by atoms with Crippen LogP contribution in [0.2, 0.25) is 0 Å². The van der Waals surface area contributed by atoms with E-state index in [4.69, 9.17) is 4.42 Å². The maximum Gasteiger partial charge on any atom is 0.308 e. The summed E-state index contributed by atoms with van der Waals surface area (Å²) in [4.78, 5) is 23.2. The number of carboxylic acids is 1. The summed E-state index contributed by atoms with van der Waals surface area (Å²) in [6.45, 7) is 0. The minimum atomic E-state index is -0.840. The molecule has 1 aliphatic carbocycles. The summed E-state index contributed by atoms with van der Waals surface area (Å²) in [6, 6.07) is 2.87. The van der Waals surface area contributed by atoms with Crippen molar-refractivity contribution in [1.29, 1.82) is 0 Å². The maximum atomic E-state index is 12.0. The molecule has 2 N–H and O–H groups in total. The van der Waals surface area contributed by atoms with Crippen molar-refractivity contribution >= 4 is 27.8 Å². The molecule has 0 radical (unpaired) electrons. The van der Waals surface area contributed by atoms with Crippen molar-refractivity contribution in [3.8, 4) is 0 Å². The molecule has 0 saturated heterocycles. The number of hydrogen-bond acceptors (Lipinski definition) is 3. The van der Waals surface area contributed by atoms with E-state index in [0.29, 0.717) is 17.5 Å². The maximum absolute atomic E-state index is 12.0. The number of rotatable bonds is 3. The molecule has 1 fully saturated rings. The van der Waals surface area contributed by atoms with Gasteiger partial charge in [-0.15, -0.1) is 0 Å². The topological polar surface area (TPSA) is 79.5 Å². The average molecular weight is 330 g/mol. The Morgan fingerprint density at radius 1 is 1.26 bits per heavy atom. The summed E-state index contributed by atoms with van der Waals surface area (Å²) in [5, 5.41) is 12.0. The van der Waals surface area contributed by atoms with Crippen LogP contribution in [0.1, 0.15) is 42.7 Å². The third-order valence-corrected chi connectivity index (χ3v) is 3.87. The van der Waals surface area contributed by atoms with Gasteiger partial charge in [-0.1, -0.05) is 19.3 Å². The SMILES string of the molecule is O=C(N[C@@H]1CCCCC[C@H]1C(=O)O)c1ccc(Br)o1. The second-order valence-electron chi connectivity index (χ2n) is 4.77. The van der Waals surface area contributed by atoms with Crippen LogP contribution in [0.5, 0.6) is 0 Å². The highest BCUT2D eigenvalue weighted by atomic mass is 79.9. The van der Waals surface area contributed by atoms with E-state index >= 15 is 0 Å². The van der Waals surface area contributed by atoms with Crippen LogP contribution < -0.4 is 5.32 Å². The van der Waals surface area contributed by atoms with Crippen LogP contribution in [0.4, 0.5) is 0 Å². The van der Waals surface area contributed by atoms with Crippen LogP contribution in [0, 0.1) is 5.92 Å². The average Bonchev–Trinajstić information content (AvgIpc) is 2.65. The quantitative estimate of drug-likeness (QED) is 0.835. The molecule has 0 unspecified atom stereocenters. The Morgan fingerprint density at radius 3 is 2.63 bits per heavy atom. The lowest BCUT2D eigenvalue weighted by Crippen LogP contribution is -2.42.